The van der Waals surface area contributed by atoms with Crippen LogP contribution >= 0.6 is 0 Å². The van der Waals surface area contributed by atoms with Gasteiger partial charge in [-0.1, -0.05) is 6.07 Å². The lowest BCUT2D eigenvalue weighted by atomic mass is 9.90. The smallest absolute Gasteiger partial charge is 0.307 e. The van der Waals surface area contributed by atoms with Gasteiger partial charge in [-0.25, -0.2) is 0 Å². The molecule has 1 aliphatic carbocycles. The first-order chi connectivity index (χ1) is 8.01. The number of nitrogens with one attached hydrogen (secondary N) is 1. The van der Waals surface area contributed by atoms with E-state index in [0.29, 0.717) is 0 Å². The van der Waals surface area contributed by atoms with Gasteiger partial charge in [-0.15, -0.1) is 0 Å². The molecule has 1 fully saturated rings. The molecular weight excluding hydrogens is 227 g/mol. The number of aryl methyl sites for hydroxylation is 1. The molecule has 1 aromatic rings. The lowest BCUT2D eigenvalue weighted by Gasteiger charge is -2.25. The Hall–Kier alpha value is -1.03. The number of alkyl halides is 3. The largest absolute Gasteiger partial charge is 0.416 e. The predicted molar refractivity (Wildman–Crippen MR) is 58.7 cm³/mol. The first-order valence-electron chi connectivity index (χ1n) is 5.97. The van der Waals surface area contributed by atoms with E-state index in [1.165, 1.54) is 12.1 Å². The summed E-state index contributed by atoms with van der Waals surface area (Å²) in [5, 5.41) is 3.47. The fourth-order valence-electron chi connectivity index (χ4n) is 3.18. The minimum Gasteiger partial charge on any atom is -0.307 e. The number of hydrogen-bond donors (Lipinski definition) is 1. The highest BCUT2D eigenvalue weighted by molar-refractivity contribution is 5.42. The topological polar surface area (TPSA) is 12.0 Å². The summed E-state index contributed by atoms with van der Waals surface area (Å²) in [7, 11) is 0. The summed E-state index contributed by atoms with van der Waals surface area (Å²) < 4.78 is 37.8. The Kier molecular flexibility index (Phi) is 2.27. The molecule has 1 atom stereocenters. The van der Waals surface area contributed by atoms with Gasteiger partial charge in [0.05, 0.1) is 5.56 Å². The van der Waals surface area contributed by atoms with E-state index >= 15 is 0 Å². The van der Waals surface area contributed by atoms with Crippen LogP contribution in [0.1, 0.15) is 36.0 Å². The summed E-state index contributed by atoms with van der Waals surface area (Å²) in [6.45, 7) is 0.973. The Morgan fingerprint density at radius 2 is 2.00 bits per heavy atom. The highest BCUT2D eigenvalue weighted by Gasteiger charge is 2.42. The van der Waals surface area contributed by atoms with E-state index in [1.807, 2.05) is 0 Å². The summed E-state index contributed by atoms with van der Waals surface area (Å²) in [5.41, 5.74) is 1.41. The van der Waals surface area contributed by atoms with Crippen molar-refractivity contribution in [3.8, 4) is 0 Å². The average molecular weight is 241 g/mol. The highest BCUT2D eigenvalue weighted by Crippen LogP contribution is 2.44. The molecule has 92 valence electrons. The fourth-order valence-corrected chi connectivity index (χ4v) is 3.18. The molecule has 1 spiro atoms. The van der Waals surface area contributed by atoms with Crippen LogP contribution in [0.3, 0.4) is 0 Å². The van der Waals surface area contributed by atoms with Crippen LogP contribution in [0.2, 0.25) is 0 Å². The second-order valence-electron chi connectivity index (χ2n) is 4.98. The highest BCUT2D eigenvalue weighted by atomic mass is 19.4. The Labute approximate surface area is 98.0 Å². The second-order valence-corrected chi connectivity index (χ2v) is 4.98. The van der Waals surface area contributed by atoms with Gasteiger partial charge in [-0.05, 0) is 55.5 Å². The van der Waals surface area contributed by atoms with Gasteiger partial charge in [-0.2, -0.15) is 13.2 Å². The molecule has 1 saturated heterocycles. The molecule has 0 amide bonds. The maximum atomic E-state index is 12.6. The van der Waals surface area contributed by atoms with Crippen LogP contribution in [-0.4, -0.2) is 6.54 Å². The fraction of sp³-hybridized carbons (Fsp3) is 0.538. The Balaban J connectivity index is 2.02. The van der Waals surface area contributed by atoms with E-state index < -0.39 is 11.7 Å². The molecule has 3 rings (SSSR count). The number of rotatable bonds is 0. The first-order valence-corrected chi connectivity index (χ1v) is 5.97. The van der Waals surface area contributed by atoms with Gasteiger partial charge in [0.15, 0.2) is 0 Å². The summed E-state index contributed by atoms with van der Waals surface area (Å²) in [6, 6.07) is 4.21. The zero-order chi connectivity index (χ0) is 12.1. The normalized spacial score (nSPS) is 27.7. The lowest BCUT2D eigenvalue weighted by Crippen LogP contribution is -2.34. The maximum Gasteiger partial charge on any atom is 0.416 e. The Morgan fingerprint density at radius 3 is 2.65 bits per heavy atom. The van der Waals surface area contributed by atoms with E-state index in [1.54, 1.807) is 6.07 Å². The van der Waals surface area contributed by atoms with Crippen molar-refractivity contribution in [2.75, 3.05) is 6.54 Å². The molecular formula is C13H14F3N. The number of fused-ring (bicyclic) bond motifs is 2. The maximum absolute atomic E-state index is 12.6. The molecule has 0 unspecified atom stereocenters. The summed E-state index contributed by atoms with van der Waals surface area (Å²) in [5.74, 6) is 0. The molecule has 1 heterocycles. The van der Waals surface area contributed by atoms with Crippen molar-refractivity contribution >= 4 is 0 Å². The van der Waals surface area contributed by atoms with Crippen molar-refractivity contribution in [2.24, 2.45) is 0 Å². The van der Waals surface area contributed by atoms with Crippen molar-refractivity contribution in [3.63, 3.8) is 0 Å². The molecule has 0 saturated carbocycles. The van der Waals surface area contributed by atoms with E-state index in [-0.39, 0.29) is 5.54 Å². The molecule has 4 heteroatoms. The molecule has 0 radical (unpaired) electrons. The third kappa shape index (κ3) is 1.66. The monoisotopic (exact) mass is 241 g/mol. The standard InChI is InChI=1S/C13H14F3N/c14-13(15,16)10-2-3-11-9(8-10)4-6-12(11)5-1-7-17-12/h2-3,8,17H,1,4-7H2/t12-/m0/s1. The molecule has 1 N–H and O–H groups in total. The van der Waals surface area contributed by atoms with Crippen LogP contribution in [0.25, 0.3) is 0 Å². The predicted octanol–water partition coefficient (Wildman–Crippen LogP) is 3.23. The van der Waals surface area contributed by atoms with Crippen LogP contribution in [0.5, 0.6) is 0 Å². The van der Waals surface area contributed by atoms with Crippen LogP contribution in [-0.2, 0) is 18.1 Å². The van der Waals surface area contributed by atoms with Gasteiger partial charge in [-0.3, -0.25) is 0 Å². The molecule has 0 aromatic heterocycles. The van der Waals surface area contributed by atoms with Crippen molar-refractivity contribution in [2.45, 2.75) is 37.4 Å². The van der Waals surface area contributed by atoms with Crippen LogP contribution in [0.15, 0.2) is 18.2 Å². The van der Waals surface area contributed by atoms with Crippen LogP contribution in [0.4, 0.5) is 13.2 Å². The molecule has 17 heavy (non-hydrogen) atoms. The Morgan fingerprint density at radius 1 is 1.18 bits per heavy atom. The van der Waals surface area contributed by atoms with E-state index in [4.69, 9.17) is 0 Å². The van der Waals surface area contributed by atoms with Gasteiger partial charge in [0.25, 0.3) is 0 Å². The lowest BCUT2D eigenvalue weighted by molar-refractivity contribution is -0.137. The zero-order valence-corrected chi connectivity index (χ0v) is 9.40. The summed E-state index contributed by atoms with van der Waals surface area (Å²) >= 11 is 0. The van der Waals surface area contributed by atoms with Gasteiger partial charge >= 0.3 is 6.18 Å². The molecule has 2 aliphatic rings. The van der Waals surface area contributed by atoms with Gasteiger partial charge in [0.1, 0.15) is 0 Å². The van der Waals surface area contributed by atoms with Gasteiger partial charge in [0, 0.05) is 5.54 Å². The van der Waals surface area contributed by atoms with Crippen LogP contribution in [0, 0.1) is 0 Å². The minimum atomic E-state index is -4.23. The molecule has 1 aromatic carbocycles. The van der Waals surface area contributed by atoms with E-state index in [2.05, 4.69) is 5.32 Å². The van der Waals surface area contributed by atoms with Gasteiger partial charge < -0.3 is 5.32 Å². The quantitative estimate of drug-likeness (QED) is 0.735. The zero-order valence-electron chi connectivity index (χ0n) is 9.40. The minimum absolute atomic E-state index is 0.0283. The van der Waals surface area contributed by atoms with Crippen LogP contribution < -0.4 is 5.32 Å². The number of hydrogen-bond acceptors (Lipinski definition) is 1. The third-order valence-corrected chi connectivity index (χ3v) is 4.01. The summed E-state index contributed by atoms with van der Waals surface area (Å²) in [4.78, 5) is 0. The number of benzene rings is 1. The Bertz CT molecular complexity index is 444. The third-order valence-electron chi connectivity index (χ3n) is 4.01. The van der Waals surface area contributed by atoms with Crippen molar-refractivity contribution in [3.05, 3.63) is 34.9 Å². The van der Waals surface area contributed by atoms with Crippen molar-refractivity contribution < 1.29 is 13.2 Å². The van der Waals surface area contributed by atoms with Crippen molar-refractivity contribution in [1.29, 1.82) is 0 Å². The second kappa shape index (κ2) is 3.48. The molecule has 0 bridgehead atoms. The van der Waals surface area contributed by atoms with Gasteiger partial charge in [0.2, 0.25) is 0 Å². The first kappa shape index (κ1) is 11.1. The average Bonchev–Trinajstić information content (AvgIpc) is 2.87. The summed E-state index contributed by atoms with van der Waals surface area (Å²) in [6.07, 6.45) is -0.379. The van der Waals surface area contributed by atoms with Crippen molar-refractivity contribution in [1.82, 2.24) is 5.32 Å². The number of halogens is 3. The molecule has 1 aliphatic heterocycles. The molecule has 1 nitrogen and oxygen atoms in total. The van der Waals surface area contributed by atoms with E-state index in [0.717, 1.165) is 43.4 Å². The van der Waals surface area contributed by atoms with E-state index in [9.17, 15) is 13.2 Å². The SMILES string of the molecule is FC(F)(F)c1ccc2c(c1)CC[C@@]21CCCN1.